The van der Waals surface area contributed by atoms with E-state index in [0.29, 0.717) is 0 Å². The van der Waals surface area contributed by atoms with Crippen LogP contribution >= 0.6 is 11.3 Å². The Morgan fingerprint density at radius 1 is 0.439 bits per heavy atom. The summed E-state index contributed by atoms with van der Waals surface area (Å²) >= 11 is 1.87. The average molecular weight is 538 g/mol. The van der Waals surface area contributed by atoms with Gasteiger partial charge in [-0.3, -0.25) is 0 Å². The van der Waals surface area contributed by atoms with Crippen molar-refractivity contribution in [1.29, 1.82) is 0 Å². The molecule has 0 atom stereocenters. The molecule has 0 aliphatic rings. The number of pyridine rings is 1. The molecule has 9 aromatic rings. The predicted molar refractivity (Wildman–Crippen MR) is 178 cm³/mol. The highest BCUT2D eigenvalue weighted by atomic mass is 32.1. The average Bonchev–Trinajstić information content (AvgIpc) is 3.43. The van der Waals surface area contributed by atoms with Crippen molar-refractivity contribution < 1.29 is 0 Å². The van der Waals surface area contributed by atoms with E-state index in [1.165, 1.54) is 69.0 Å². The van der Waals surface area contributed by atoms with E-state index in [2.05, 4.69) is 140 Å². The number of aromatic nitrogens is 1. The maximum atomic E-state index is 5.29. The molecule has 0 aliphatic carbocycles. The van der Waals surface area contributed by atoms with Crippen molar-refractivity contribution in [2.45, 2.75) is 0 Å². The number of para-hydroxylation sites is 1. The second kappa shape index (κ2) is 8.72. The van der Waals surface area contributed by atoms with Gasteiger partial charge in [0.15, 0.2) is 0 Å². The molecule has 2 aromatic heterocycles. The molecule has 190 valence electrons. The summed E-state index contributed by atoms with van der Waals surface area (Å²) in [4.78, 5) is 5.29. The minimum absolute atomic E-state index is 1.03. The van der Waals surface area contributed by atoms with Crippen LogP contribution in [0.2, 0.25) is 0 Å². The first-order chi connectivity index (χ1) is 20.3. The first-order valence-electron chi connectivity index (χ1n) is 14.0. The molecule has 2 heterocycles. The largest absolute Gasteiger partial charge is 0.247 e. The Labute approximate surface area is 240 Å². The van der Waals surface area contributed by atoms with E-state index in [4.69, 9.17) is 4.98 Å². The lowest BCUT2D eigenvalue weighted by atomic mass is 9.92. The second-order valence-corrected chi connectivity index (χ2v) is 11.8. The van der Waals surface area contributed by atoms with Crippen LogP contribution in [0.4, 0.5) is 0 Å². The van der Waals surface area contributed by atoms with E-state index < -0.39 is 0 Å². The zero-order valence-electron chi connectivity index (χ0n) is 22.1. The molecule has 0 N–H and O–H groups in total. The molecule has 0 saturated heterocycles. The molecular weight excluding hydrogens is 515 g/mol. The monoisotopic (exact) mass is 537 g/mol. The van der Waals surface area contributed by atoms with Crippen molar-refractivity contribution in [1.82, 2.24) is 4.98 Å². The van der Waals surface area contributed by atoms with Crippen molar-refractivity contribution in [3.8, 4) is 22.4 Å². The van der Waals surface area contributed by atoms with Gasteiger partial charge in [0.1, 0.15) is 0 Å². The van der Waals surface area contributed by atoms with Gasteiger partial charge in [0.25, 0.3) is 0 Å². The number of fused-ring (bicyclic) bond motifs is 10. The minimum Gasteiger partial charge on any atom is -0.247 e. The fourth-order valence-corrected chi connectivity index (χ4v) is 7.78. The SMILES string of the molecule is c1ccc2c(c1)cc(-c1ccc(-c3nc4ccccc4c4ccc5c6ccccc6sc5c34)cc1)c1ccccc12. The topological polar surface area (TPSA) is 12.9 Å². The third-order valence-corrected chi connectivity index (χ3v) is 9.65. The molecule has 0 unspecified atom stereocenters. The molecular formula is C39H23NS. The summed E-state index contributed by atoms with van der Waals surface area (Å²) < 4.78 is 2.62. The van der Waals surface area contributed by atoms with Gasteiger partial charge in [-0.15, -0.1) is 11.3 Å². The lowest BCUT2D eigenvalue weighted by Crippen LogP contribution is -1.90. The summed E-state index contributed by atoms with van der Waals surface area (Å²) in [6.07, 6.45) is 0. The number of hydrogen-bond donors (Lipinski definition) is 0. The molecule has 2 heteroatoms. The maximum Gasteiger partial charge on any atom is 0.0802 e. The van der Waals surface area contributed by atoms with E-state index in [1.807, 2.05) is 11.3 Å². The van der Waals surface area contributed by atoms with Gasteiger partial charge in [-0.25, -0.2) is 4.98 Å². The van der Waals surface area contributed by atoms with Crippen LogP contribution < -0.4 is 0 Å². The summed E-state index contributed by atoms with van der Waals surface area (Å²) in [5, 5.41) is 11.4. The Bertz CT molecular complexity index is 2470. The molecule has 41 heavy (non-hydrogen) atoms. The first kappa shape index (κ1) is 22.7. The smallest absolute Gasteiger partial charge is 0.0802 e. The summed E-state index contributed by atoms with van der Waals surface area (Å²) in [6, 6.07) is 50.6. The van der Waals surface area contributed by atoms with Crippen LogP contribution in [0.1, 0.15) is 0 Å². The highest BCUT2D eigenvalue weighted by molar-refractivity contribution is 7.26. The first-order valence-corrected chi connectivity index (χ1v) is 14.8. The Morgan fingerprint density at radius 3 is 1.93 bits per heavy atom. The van der Waals surface area contributed by atoms with Crippen LogP contribution in [-0.4, -0.2) is 4.98 Å². The predicted octanol–water partition coefficient (Wildman–Crippen LogP) is 11.4. The molecule has 0 spiro atoms. The number of nitrogens with zero attached hydrogens (tertiary/aromatic N) is 1. The lowest BCUT2D eigenvalue weighted by molar-refractivity contribution is 1.43. The normalized spacial score (nSPS) is 11.9. The van der Waals surface area contributed by atoms with Gasteiger partial charge in [0.05, 0.1) is 11.2 Å². The van der Waals surface area contributed by atoms with Crippen LogP contribution in [0, 0.1) is 0 Å². The highest BCUT2D eigenvalue weighted by Gasteiger charge is 2.17. The molecule has 9 rings (SSSR count). The van der Waals surface area contributed by atoms with Crippen LogP contribution in [0.3, 0.4) is 0 Å². The summed E-state index contributed by atoms with van der Waals surface area (Å²) in [6.45, 7) is 0. The van der Waals surface area contributed by atoms with Gasteiger partial charge >= 0.3 is 0 Å². The fraction of sp³-hybridized carbons (Fsp3) is 0. The third kappa shape index (κ3) is 3.38. The van der Waals surface area contributed by atoms with Crippen molar-refractivity contribution in [3.05, 3.63) is 140 Å². The van der Waals surface area contributed by atoms with Crippen molar-refractivity contribution in [2.24, 2.45) is 0 Å². The van der Waals surface area contributed by atoms with Gasteiger partial charge in [-0.05, 0) is 56.3 Å². The molecule has 0 bridgehead atoms. The molecule has 0 fully saturated rings. The van der Waals surface area contributed by atoms with E-state index in [9.17, 15) is 0 Å². The van der Waals surface area contributed by atoms with Crippen molar-refractivity contribution >= 4 is 74.7 Å². The maximum absolute atomic E-state index is 5.29. The summed E-state index contributed by atoms with van der Waals surface area (Å²) in [5.41, 5.74) is 5.69. The van der Waals surface area contributed by atoms with Crippen LogP contribution in [0.5, 0.6) is 0 Å². The van der Waals surface area contributed by atoms with Crippen LogP contribution in [-0.2, 0) is 0 Å². The van der Waals surface area contributed by atoms with Gasteiger partial charge in [-0.1, -0.05) is 121 Å². The summed E-state index contributed by atoms with van der Waals surface area (Å²) in [7, 11) is 0. The molecule has 1 nitrogen and oxygen atoms in total. The van der Waals surface area contributed by atoms with Gasteiger partial charge in [0, 0.05) is 36.5 Å². The molecule has 7 aromatic carbocycles. The second-order valence-electron chi connectivity index (χ2n) is 10.7. The summed E-state index contributed by atoms with van der Waals surface area (Å²) in [5.74, 6) is 0. The third-order valence-electron chi connectivity index (χ3n) is 8.45. The van der Waals surface area contributed by atoms with Crippen molar-refractivity contribution in [2.75, 3.05) is 0 Å². The Kier molecular flexibility index (Phi) is 4.84. The zero-order chi connectivity index (χ0) is 26.9. The molecule has 0 radical (unpaired) electrons. The molecule has 0 saturated carbocycles. The standard InChI is InChI=1S/C39H23NS/c1-2-10-27-26(9-1)23-34(29-12-4-3-11-28(27)29)24-17-19-25(20-18-24)38-37-32(30-13-5-7-15-35(30)40-38)21-22-33-31-14-6-8-16-36(31)41-39(33)37/h1-23H. The number of hydrogen-bond acceptors (Lipinski definition) is 2. The quantitative estimate of drug-likeness (QED) is 0.200. The van der Waals surface area contributed by atoms with Gasteiger partial charge < -0.3 is 0 Å². The van der Waals surface area contributed by atoms with Crippen LogP contribution in [0.25, 0.3) is 85.8 Å². The van der Waals surface area contributed by atoms with Gasteiger partial charge in [-0.2, -0.15) is 0 Å². The number of rotatable bonds is 2. The van der Waals surface area contributed by atoms with E-state index in [0.717, 1.165) is 16.8 Å². The molecule has 0 amide bonds. The highest BCUT2D eigenvalue weighted by Crippen LogP contribution is 2.44. The molecule has 0 aliphatic heterocycles. The number of benzene rings is 7. The van der Waals surface area contributed by atoms with Crippen LogP contribution in [0.15, 0.2) is 140 Å². The fourth-order valence-electron chi connectivity index (χ4n) is 6.53. The lowest BCUT2D eigenvalue weighted by Gasteiger charge is -2.13. The Hall–Kier alpha value is -5.05. The van der Waals surface area contributed by atoms with Gasteiger partial charge in [0.2, 0.25) is 0 Å². The zero-order valence-corrected chi connectivity index (χ0v) is 23.0. The number of thiophene rings is 1. The Morgan fingerprint density at radius 2 is 1.07 bits per heavy atom. The Balaban J connectivity index is 1.30. The van der Waals surface area contributed by atoms with E-state index >= 15 is 0 Å². The van der Waals surface area contributed by atoms with E-state index in [-0.39, 0.29) is 0 Å². The van der Waals surface area contributed by atoms with E-state index in [1.54, 1.807) is 0 Å². The van der Waals surface area contributed by atoms with Crippen molar-refractivity contribution in [3.63, 3.8) is 0 Å². The minimum atomic E-state index is 1.03.